The van der Waals surface area contributed by atoms with Crippen molar-refractivity contribution in [3.8, 4) is 11.5 Å². The third kappa shape index (κ3) is 4.34. The zero-order chi connectivity index (χ0) is 20.1. The lowest BCUT2D eigenvalue weighted by Crippen LogP contribution is -2.21. The third-order valence-electron chi connectivity index (χ3n) is 4.79. The van der Waals surface area contributed by atoms with Crippen LogP contribution in [0.25, 0.3) is 0 Å². The van der Waals surface area contributed by atoms with E-state index in [0.717, 1.165) is 18.4 Å². The summed E-state index contributed by atoms with van der Waals surface area (Å²) in [5, 5.41) is 5.79. The van der Waals surface area contributed by atoms with Gasteiger partial charge in [-0.1, -0.05) is 18.2 Å². The standard InChI is InChI=1S/C22H24N2O4/c1-14-8-9-16(12-19(14)24-21(25)15-6-4-5-7-15)22(26)23-18-11-10-17(27-2)13-20(18)28-3/h4-5,8-13,15H,6-7H2,1-3H3,(H,23,26)(H,24,25). The number of carbonyl (C=O) groups is 2. The van der Waals surface area contributed by atoms with Gasteiger partial charge in [-0.05, 0) is 49.6 Å². The highest BCUT2D eigenvalue weighted by Crippen LogP contribution is 2.30. The van der Waals surface area contributed by atoms with E-state index in [1.165, 1.54) is 7.11 Å². The van der Waals surface area contributed by atoms with Crippen molar-refractivity contribution in [1.82, 2.24) is 0 Å². The Bertz CT molecular complexity index is 913. The number of carbonyl (C=O) groups excluding carboxylic acids is 2. The number of nitrogens with one attached hydrogen (secondary N) is 2. The number of anilines is 2. The number of aryl methyl sites for hydroxylation is 1. The van der Waals surface area contributed by atoms with Gasteiger partial charge in [0.05, 0.1) is 19.9 Å². The average molecular weight is 380 g/mol. The Labute approximate surface area is 164 Å². The molecule has 0 heterocycles. The number of allylic oxidation sites excluding steroid dienone is 2. The van der Waals surface area contributed by atoms with Gasteiger partial charge in [0.25, 0.3) is 5.91 Å². The number of benzene rings is 2. The fourth-order valence-corrected chi connectivity index (χ4v) is 3.06. The Morgan fingerprint density at radius 1 is 0.929 bits per heavy atom. The molecule has 0 aromatic heterocycles. The molecule has 0 fully saturated rings. The molecule has 2 N–H and O–H groups in total. The average Bonchev–Trinajstić information content (AvgIpc) is 3.24. The SMILES string of the molecule is COc1ccc(NC(=O)c2ccc(C)c(NC(=O)C3CC=CC3)c2)c(OC)c1. The molecule has 0 aliphatic heterocycles. The van der Waals surface area contributed by atoms with Crippen LogP contribution in [0, 0.1) is 12.8 Å². The van der Waals surface area contributed by atoms with Crippen molar-refractivity contribution in [1.29, 1.82) is 0 Å². The van der Waals surface area contributed by atoms with Gasteiger partial charge in [0, 0.05) is 23.2 Å². The second-order valence-corrected chi connectivity index (χ2v) is 6.68. The van der Waals surface area contributed by atoms with E-state index >= 15 is 0 Å². The quantitative estimate of drug-likeness (QED) is 0.738. The predicted octanol–water partition coefficient (Wildman–Crippen LogP) is 4.17. The minimum atomic E-state index is -0.290. The number of rotatable bonds is 6. The summed E-state index contributed by atoms with van der Waals surface area (Å²) in [6.45, 7) is 1.90. The predicted molar refractivity (Wildman–Crippen MR) is 109 cm³/mol. The van der Waals surface area contributed by atoms with Crippen LogP contribution < -0.4 is 20.1 Å². The summed E-state index contributed by atoms with van der Waals surface area (Å²) in [4.78, 5) is 25.1. The van der Waals surface area contributed by atoms with Crippen molar-refractivity contribution < 1.29 is 19.1 Å². The van der Waals surface area contributed by atoms with Crippen molar-refractivity contribution in [2.75, 3.05) is 24.9 Å². The van der Waals surface area contributed by atoms with Crippen molar-refractivity contribution in [3.05, 3.63) is 59.7 Å². The van der Waals surface area contributed by atoms with E-state index in [9.17, 15) is 9.59 Å². The van der Waals surface area contributed by atoms with Crippen LogP contribution in [-0.4, -0.2) is 26.0 Å². The van der Waals surface area contributed by atoms with Gasteiger partial charge in [-0.15, -0.1) is 0 Å². The van der Waals surface area contributed by atoms with Gasteiger partial charge in [-0.3, -0.25) is 9.59 Å². The highest BCUT2D eigenvalue weighted by Gasteiger charge is 2.20. The molecule has 0 saturated heterocycles. The Balaban J connectivity index is 1.76. The summed E-state index contributed by atoms with van der Waals surface area (Å²) in [6, 6.07) is 10.4. The molecule has 0 saturated carbocycles. The second-order valence-electron chi connectivity index (χ2n) is 6.68. The lowest BCUT2D eigenvalue weighted by atomic mass is 10.0. The molecule has 3 rings (SSSR count). The molecule has 2 aromatic carbocycles. The number of hydrogen-bond donors (Lipinski definition) is 2. The normalized spacial score (nSPS) is 13.2. The van der Waals surface area contributed by atoms with E-state index in [2.05, 4.69) is 10.6 Å². The largest absolute Gasteiger partial charge is 0.497 e. The minimum absolute atomic E-state index is 0.0255. The minimum Gasteiger partial charge on any atom is -0.497 e. The van der Waals surface area contributed by atoms with E-state index in [4.69, 9.17) is 9.47 Å². The molecule has 6 heteroatoms. The van der Waals surface area contributed by atoms with E-state index in [0.29, 0.717) is 28.4 Å². The smallest absolute Gasteiger partial charge is 0.255 e. The van der Waals surface area contributed by atoms with Crippen molar-refractivity contribution in [2.24, 2.45) is 5.92 Å². The van der Waals surface area contributed by atoms with Gasteiger partial charge < -0.3 is 20.1 Å². The van der Waals surface area contributed by atoms with E-state index in [1.807, 2.05) is 25.1 Å². The summed E-state index contributed by atoms with van der Waals surface area (Å²) in [5.74, 6) is 0.781. The highest BCUT2D eigenvalue weighted by molar-refractivity contribution is 6.06. The molecule has 0 unspecified atom stereocenters. The molecule has 0 atom stereocenters. The first-order valence-corrected chi connectivity index (χ1v) is 9.11. The van der Waals surface area contributed by atoms with Crippen molar-refractivity contribution in [3.63, 3.8) is 0 Å². The van der Waals surface area contributed by atoms with E-state index < -0.39 is 0 Å². The van der Waals surface area contributed by atoms with Gasteiger partial charge in [-0.2, -0.15) is 0 Å². The zero-order valence-corrected chi connectivity index (χ0v) is 16.2. The number of methoxy groups -OCH3 is 2. The summed E-state index contributed by atoms with van der Waals surface area (Å²) in [6.07, 6.45) is 5.54. The zero-order valence-electron chi connectivity index (χ0n) is 16.2. The number of amides is 2. The maximum absolute atomic E-state index is 12.7. The van der Waals surface area contributed by atoms with Crippen LogP contribution in [0.1, 0.15) is 28.8 Å². The van der Waals surface area contributed by atoms with Crippen LogP contribution >= 0.6 is 0 Å². The second kappa shape index (κ2) is 8.61. The maximum atomic E-state index is 12.7. The van der Waals surface area contributed by atoms with Crippen molar-refractivity contribution >= 4 is 23.2 Å². The lowest BCUT2D eigenvalue weighted by Gasteiger charge is -2.15. The summed E-state index contributed by atoms with van der Waals surface area (Å²) < 4.78 is 10.5. The number of hydrogen-bond acceptors (Lipinski definition) is 4. The summed E-state index contributed by atoms with van der Waals surface area (Å²) in [7, 11) is 3.10. The van der Waals surface area contributed by atoms with Gasteiger partial charge in [-0.25, -0.2) is 0 Å². The van der Waals surface area contributed by atoms with E-state index in [1.54, 1.807) is 37.4 Å². The molecule has 2 amide bonds. The monoisotopic (exact) mass is 380 g/mol. The van der Waals surface area contributed by atoms with Crippen LogP contribution in [-0.2, 0) is 4.79 Å². The first kappa shape index (κ1) is 19.5. The molecule has 0 bridgehead atoms. The molecule has 146 valence electrons. The fourth-order valence-electron chi connectivity index (χ4n) is 3.06. The molecule has 1 aliphatic carbocycles. The Kier molecular flexibility index (Phi) is 5.99. The first-order chi connectivity index (χ1) is 13.5. The molecular formula is C22H24N2O4. The summed E-state index contributed by atoms with van der Waals surface area (Å²) in [5.41, 5.74) is 2.53. The Morgan fingerprint density at radius 3 is 2.36 bits per heavy atom. The highest BCUT2D eigenvalue weighted by atomic mass is 16.5. The molecule has 6 nitrogen and oxygen atoms in total. The Morgan fingerprint density at radius 2 is 1.68 bits per heavy atom. The molecule has 0 radical (unpaired) electrons. The molecular weight excluding hydrogens is 356 g/mol. The molecule has 1 aliphatic rings. The van der Waals surface area contributed by atoms with Crippen LogP contribution in [0.4, 0.5) is 11.4 Å². The fraction of sp³-hybridized carbons (Fsp3) is 0.273. The van der Waals surface area contributed by atoms with Gasteiger partial charge in [0.2, 0.25) is 5.91 Å². The third-order valence-corrected chi connectivity index (χ3v) is 4.79. The van der Waals surface area contributed by atoms with E-state index in [-0.39, 0.29) is 17.7 Å². The summed E-state index contributed by atoms with van der Waals surface area (Å²) >= 11 is 0. The first-order valence-electron chi connectivity index (χ1n) is 9.11. The van der Waals surface area contributed by atoms with Gasteiger partial charge >= 0.3 is 0 Å². The van der Waals surface area contributed by atoms with Crippen molar-refractivity contribution in [2.45, 2.75) is 19.8 Å². The van der Waals surface area contributed by atoms with Gasteiger partial charge in [0.1, 0.15) is 11.5 Å². The number of ether oxygens (including phenoxy) is 2. The van der Waals surface area contributed by atoms with Crippen LogP contribution in [0.2, 0.25) is 0 Å². The van der Waals surface area contributed by atoms with Gasteiger partial charge in [0.15, 0.2) is 0 Å². The topological polar surface area (TPSA) is 76.7 Å². The molecule has 2 aromatic rings. The lowest BCUT2D eigenvalue weighted by molar-refractivity contribution is -0.119. The maximum Gasteiger partial charge on any atom is 0.255 e. The van der Waals surface area contributed by atoms with Crippen LogP contribution in [0.5, 0.6) is 11.5 Å². The molecule has 28 heavy (non-hydrogen) atoms. The van der Waals surface area contributed by atoms with Crippen LogP contribution in [0.15, 0.2) is 48.6 Å². The Hall–Kier alpha value is -3.28. The van der Waals surface area contributed by atoms with Crippen LogP contribution in [0.3, 0.4) is 0 Å². The molecule has 0 spiro atoms.